The van der Waals surface area contributed by atoms with E-state index in [-0.39, 0.29) is 12.5 Å². The molecule has 0 saturated carbocycles. The third-order valence-electron chi connectivity index (χ3n) is 2.59. The molecule has 0 saturated heterocycles. The van der Waals surface area contributed by atoms with E-state index in [0.717, 1.165) is 5.56 Å². The van der Waals surface area contributed by atoms with Crippen molar-refractivity contribution in [2.75, 3.05) is 18.7 Å². The van der Waals surface area contributed by atoms with Crippen LogP contribution < -0.4 is 10.6 Å². The number of ether oxygens (including phenoxy) is 2. The maximum absolute atomic E-state index is 11.7. The number of nitrogens with two attached hydrogens (primary N) is 1. The number of aryl methyl sites for hydroxylation is 1. The summed E-state index contributed by atoms with van der Waals surface area (Å²) < 4.78 is 9.58. The highest BCUT2D eigenvalue weighted by Gasteiger charge is 2.13. The molecular weight excluding hydrogens is 260 g/mol. The van der Waals surface area contributed by atoms with Gasteiger partial charge < -0.3 is 15.2 Å². The molecule has 1 unspecified atom stereocenters. The van der Waals surface area contributed by atoms with Gasteiger partial charge in [-0.2, -0.15) is 0 Å². The van der Waals surface area contributed by atoms with E-state index in [0.29, 0.717) is 5.69 Å². The van der Waals surface area contributed by atoms with E-state index in [1.165, 1.54) is 4.90 Å². The molecule has 1 amide bonds. The highest BCUT2D eigenvalue weighted by molar-refractivity contribution is 5.86. The van der Waals surface area contributed by atoms with Crippen molar-refractivity contribution in [3.05, 3.63) is 29.8 Å². The molecule has 6 heteroatoms. The van der Waals surface area contributed by atoms with Crippen LogP contribution in [0.1, 0.15) is 18.9 Å². The molecule has 0 aromatic heterocycles. The molecule has 0 aliphatic rings. The van der Waals surface area contributed by atoms with Gasteiger partial charge in [0.1, 0.15) is 0 Å². The van der Waals surface area contributed by atoms with Crippen molar-refractivity contribution in [2.45, 2.75) is 26.3 Å². The lowest BCUT2D eigenvalue weighted by Gasteiger charge is -2.17. The number of nitrogens with zero attached hydrogens (tertiary/aromatic N) is 1. The Kier molecular flexibility index (Phi) is 5.99. The van der Waals surface area contributed by atoms with Crippen LogP contribution in [0.25, 0.3) is 0 Å². The van der Waals surface area contributed by atoms with Crippen molar-refractivity contribution in [1.29, 1.82) is 0 Å². The van der Waals surface area contributed by atoms with Crippen molar-refractivity contribution >= 4 is 17.7 Å². The summed E-state index contributed by atoms with van der Waals surface area (Å²) in [5, 5.41) is 0. The van der Waals surface area contributed by atoms with Crippen molar-refractivity contribution in [1.82, 2.24) is 0 Å². The molecule has 0 spiro atoms. The van der Waals surface area contributed by atoms with Gasteiger partial charge in [0.2, 0.25) is 6.79 Å². The fraction of sp³-hybridized carbons (Fsp3) is 0.429. The number of anilines is 1. The standard InChI is InChI=1S/C14H20N2O4/c1-10-4-6-12(7-5-10)16(3)14(18)20-9-19-13(17)8-11(2)15/h4-7,11H,8-9,15H2,1-3H3. The predicted molar refractivity (Wildman–Crippen MR) is 75.3 cm³/mol. The second-order valence-electron chi connectivity index (χ2n) is 4.62. The minimum absolute atomic E-state index is 0.0886. The molecule has 0 fully saturated rings. The van der Waals surface area contributed by atoms with E-state index in [2.05, 4.69) is 0 Å². The van der Waals surface area contributed by atoms with Crippen LogP contribution in [0.2, 0.25) is 0 Å². The van der Waals surface area contributed by atoms with Crippen LogP contribution in [0.5, 0.6) is 0 Å². The summed E-state index contributed by atoms with van der Waals surface area (Å²) in [5.74, 6) is -0.495. The third kappa shape index (κ3) is 5.27. The van der Waals surface area contributed by atoms with E-state index in [1.807, 2.05) is 19.1 Å². The molecule has 6 nitrogen and oxygen atoms in total. The first-order chi connectivity index (χ1) is 9.40. The number of esters is 1. The zero-order valence-electron chi connectivity index (χ0n) is 12.0. The number of amides is 1. The average molecular weight is 280 g/mol. The molecule has 0 bridgehead atoms. The minimum atomic E-state index is -0.595. The molecular formula is C14H20N2O4. The number of hydrogen-bond acceptors (Lipinski definition) is 5. The second kappa shape index (κ2) is 7.49. The first kappa shape index (κ1) is 16.0. The predicted octanol–water partition coefficient (Wildman–Crippen LogP) is 1.81. The highest BCUT2D eigenvalue weighted by atomic mass is 16.7. The number of rotatable bonds is 5. The van der Waals surface area contributed by atoms with Gasteiger partial charge in [-0.05, 0) is 26.0 Å². The largest absolute Gasteiger partial charge is 0.428 e. The van der Waals surface area contributed by atoms with Crippen molar-refractivity contribution in [2.24, 2.45) is 5.73 Å². The molecule has 1 aromatic rings. The zero-order valence-corrected chi connectivity index (χ0v) is 12.0. The lowest BCUT2D eigenvalue weighted by molar-refractivity contribution is -0.151. The molecule has 110 valence electrons. The summed E-state index contributed by atoms with van der Waals surface area (Å²) in [6.45, 7) is 3.24. The van der Waals surface area contributed by atoms with E-state index in [9.17, 15) is 9.59 Å². The van der Waals surface area contributed by atoms with Gasteiger partial charge in [-0.25, -0.2) is 4.79 Å². The van der Waals surface area contributed by atoms with Gasteiger partial charge in [-0.1, -0.05) is 17.7 Å². The van der Waals surface area contributed by atoms with E-state index < -0.39 is 18.9 Å². The monoisotopic (exact) mass is 280 g/mol. The molecule has 1 atom stereocenters. The zero-order chi connectivity index (χ0) is 15.1. The number of benzene rings is 1. The van der Waals surface area contributed by atoms with Crippen LogP contribution in [0.4, 0.5) is 10.5 Å². The summed E-state index contributed by atoms with van der Waals surface area (Å²) in [6.07, 6.45) is -0.506. The Hall–Kier alpha value is -2.08. The topological polar surface area (TPSA) is 81.9 Å². The third-order valence-corrected chi connectivity index (χ3v) is 2.59. The van der Waals surface area contributed by atoms with Crippen LogP contribution in [-0.4, -0.2) is 31.9 Å². The number of carbonyl (C=O) groups is 2. The van der Waals surface area contributed by atoms with Crippen LogP contribution in [0.3, 0.4) is 0 Å². The van der Waals surface area contributed by atoms with Crippen molar-refractivity contribution in [3.8, 4) is 0 Å². The number of hydrogen-bond donors (Lipinski definition) is 1. The maximum Gasteiger partial charge on any atom is 0.416 e. The van der Waals surface area contributed by atoms with E-state index >= 15 is 0 Å². The molecule has 2 N–H and O–H groups in total. The SMILES string of the molecule is Cc1ccc(N(C)C(=O)OCOC(=O)CC(C)N)cc1. The molecule has 1 rings (SSSR count). The Balaban J connectivity index is 2.39. The normalized spacial score (nSPS) is 11.6. The fourth-order valence-corrected chi connectivity index (χ4v) is 1.44. The molecule has 20 heavy (non-hydrogen) atoms. The summed E-state index contributed by atoms with van der Waals surface area (Å²) in [5.41, 5.74) is 7.24. The van der Waals surface area contributed by atoms with Crippen LogP contribution >= 0.6 is 0 Å². The lowest BCUT2D eigenvalue weighted by Crippen LogP contribution is -2.29. The minimum Gasteiger partial charge on any atom is -0.428 e. The van der Waals surface area contributed by atoms with E-state index in [4.69, 9.17) is 15.2 Å². The van der Waals surface area contributed by atoms with Gasteiger partial charge in [-0.15, -0.1) is 0 Å². The molecule has 0 aliphatic carbocycles. The summed E-state index contributed by atoms with van der Waals surface area (Å²) in [7, 11) is 1.58. The van der Waals surface area contributed by atoms with Crippen LogP contribution in [-0.2, 0) is 14.3 Å². The van der Waals surface area contributed by atoms with Gasteiger partial charge in [-0.3, -0.25) is 9.69 Å². The van der Waals surface area contributed by atoms with Crippen molar-refractivity contribution in [3.63, 3.8) is 0 Å². The Morgan fingerprint density at radius 2 is 1.85 bits per heavy atom. The summed E-state index contributed by atoms with van der Waals surface area (Å²) in [4.78, 5) is 24.3. The summed E-state index contributed by atoms with van der Waals surface area (Å²) in [6, 6.07) is 7.11. The van der Waals surface area contributed by atoms with Gasteiger partial charge in [0.15, 0.2) is 0 Å². The van der Waals surface area contributed by atoms with Crippen molar-refractivity contribution < 1.29 is 19.1 Å². The van der Waals surface area contributed by atoms with Gasteiger partial charge in [0.25, 0.3) is 0 Å². The Bertz CT molecular complexity index is 457. The first-order valence-corrected chi connectivity index (χ1v) is 6.28. The molecule has 0 heterocycles. The first-order valence-electron chi connectivity index (χ1n) is 6.28. The fourth-order valence-electron chi connectivity index (χ4n) is 1.44. The Labute approximate surface area is 118 Å². The Morgan fingerprint density at radius 1 is 1.25 bits per heavy atom. The maximum atomic E-state index is 11.7. The quantitative estimate of drug-likeness (QED) is 0.657. The lowest BCUT2D eigenvalue weighted by atomic mass is 10.2. The van der Waals surface area contributed by atoms with Crippen LogP contribution in [0, 0.1) is 6.92 Å². The number of carbonyl (C=O) groups excluding carboxylic acids is 2. The molecule has 0 aliphatic heterocycles. The second-order valence-corrected chi connectivity index (χ2v) is 4.62. The highest BCUT2D eigenvalue weighted by Crippen LogP contribution is 2.14. The smallest absolute Gasteiger partial charge is 0.416 e. The molecule has 1 aromatic carbocycles. The van der Waals surface area contributed by atoms with Gasteiger partial charge in [0.05, 0.1) is 6.42 Å². The Morgan fingerprint density at radius 3 is 2.40 bits per heavy atom. The van der Waals surface area contributed by atoms with Crippen LogP contribution in [0.15, 0.2) is 24.3 Å². The summed E-state index contributed by atoms with van der Waals surface area (Å²) >= 11 is 0. The van der Waals surface area contributed by atoms with Gasteiger partial charge >= 0.3 is 12.1 Å². The van der Waals surface area contributed by atoms with E-state index in [1.54, 1.807) is 26.1 Å². The van der Waals surface area contributed by atoms with Gasteiger partial charge in [0, 0.05) is 18.8 Å². The average Bonchev–Trinajstić information content (AvgIpc) is 2.37. The molecule has 0 radical (unpaired) electrons.